The molecule has 122 valence electrons. The van der Waals surface area contributed by atoms with E-state index in [9.17, 15) is 15.3 Å². The van der Waals surface area contributed by atoms with Crippen LogP contribution in [0.25, 0.3) is 0 Å². The van der Waals surface area contributed by atoms with Gasteiger partial charge in [-0.15, -0.1) is 0 Å². The molecule has 1 aliphatic rings. The van der Waals surface area contributed by atoms with Crippen LogP contribution in [-0.2, 0) is 6.42 Å². The molecule has 3 rings (SSSR count). The normalized spacial score (nSPS) is 19.6. The predicted molar refractivity (Wildman–Crippen MR) is 82.4 cm³/mol. The number of rotatable bonds is 3. The van der Waals surface area contributed by atoms with Crippen LogP contribution in [-0.4, -0.2) is 35.6 Å². The van der Waals surface area contributed by atoms with Crippen molar-refractivity contribution in [2.24, 2.45) is 0 Å². The van der Waals surface area contributed by atoms with E-state index in [-0.39, 0.29) is 11.5 Å². The molecule has 0 spiro atoms. The van der Waals surface area contributed by atoms with Gasteiger partial charge in [-0.05, 0) is 17.7 Å². The second-order valence-electron chi connectivity index (χ2n) is 5.37. The molecule has 2 aromatic rings. The van der Waals surface area contributed by atoms with Crippen molar-refractivity contribution in [3.8, 4) is 28.7 Å². The fourth-order valence-corrected chi connectivity index (χ4v) is 2.79. The summed E-state index contributed by atoms with van der Waals surface area (Å²) in [5.41, 5.74) is 1.37. The van der Waals surface area contributed by atoms with Gasteiger partial charge in [-0.25, -0.2) is 0 Å². The van der Waals surface area contributed by atoms with Gasteiger partial charge in [-0.1, -0.05) is 6.07 Å². The number of phenolic OH excluding ortho intramolecular Hbond substituents is 2. The Morgan fingerprint density at radius 1 is 1.04 bits per heavy atom. The van der Waals surface area contributed by atoms with Crippen LogP contribution in [0.15, 0.2) is 30.3 Å². The van der Waals surface area contributed by atoms with Gasteiger partial charge >= 0.3 is 0 Å². The number of aliphatic hydroxyl groups is 1. The van der Waals surface area contributed by atoms with Crippen molar-refractivity contribution in [2.45, 2.75) is 18.6 Å². The second-order valence-corrected chi connectivity index (χ2v) is 5.37. The Hall–Kier alpha value is -2.60. The van der Waals surface area contributed by atoms with Crippen molar-refractivity contribution in [3.05, 3.63) is 41.5 Å². The third-order valence-corrected chi connectivity index (χ3v) is 3.92. The lowest BCUT2D eigenvalue weighted by molar-refractivity contribution is 0.0196. The second kappa shape index (κ2) is 5.89. The van der Waals surface area contributed by atoms with E-state index in [2.05, 4.69) is 0 Å². The van der Waals surface area contributed by atoms with Crippen molar-refractivity contribution < 1.29 is 29.5 Å². The van der Waals surface area contributed by atoms with Crippen molar-refractivity contribution in [1.29, 1.82) is 0 Å². The first-order chi connectivity index (χ1) is 11.0. The van der Waals surface area contributed by atoms with E-state index in [1.165, 1.54) is 32.4 Å². The Balaban J connectivity index is 1.99. The van der Waals surface area contributed by atoms with Crippen LogP contribution >= 0.6 is 0 Å². The van der Waals surface area contributed by atoms with E-state index in [0.717, 1.165) is 0 Å². The Labute approximate surface area is 133 Å². The highest BCUT2D eigenvalue weighted by atomic mass is 16.5. The van der Waals surface area contributed by atoms with Crippen molar-refractivity contribution in [3.63, 3.8) is 0 Å². The zero-order chi connectivity index (χ0) is 16.6. The topological polar surface area (TPSA) is 88.4 Å². The minimum Gasteiger partial charge on any atom is -0.508 e. The van der Waals surface area contributed by atoms with Gasteiger partial charge in [0, 0.05) is 24.1 Å². The number of hydrogen-bond donors (Lipinski definition) is 3. The molecule has 0 aliphatic carbocycles. The summed E-state index contributed by atoms with van der Waals surface area (Å²) in [4.78, 5) is 0. The van der Waals surface area contributed by atoms with E-state index in [1.807, 2.05) is 0 Å². The molecule has 1 heterocycles. The lowest BCUT2D eigenvalue weighted by Crippen LogP contribution is -2.30. The average Bonchev–Trinajstić information content (AvgIpc) is 2.54. The molecule has 1 aliphatic heterocycles. The van der Waals surface area contributed by atoms with Crippen LogP contribution in [0.5, 0.6) is 28.7 Å². The van der Waals surface area contributed by atoms with Gasteiger partial charge in [0.15, 0.2) is 11.5 Å². The first-order valence-electron chi connectivity index (χ1n) is 7.15. The molecule has 0 saturated heterocycles. The zero-order valence-electron chi connectivity index (χ0n) is 12.8. The fraction of sp³-hybridized carbons (Fsp3) is 0.294. The maximum atomic E-state index is 10.4. The molecule has 0 fully saturated rings. The van der Waals surface area contributed by atoms with Crippen LogP contribution in [0.2, 0.25) is 0 Å². The Bertz CT molecular complexity index is 727. The summed E-state index contributed by atoms with van der Waals surface area (Å²) in [6.45, 7) is 0. The Kier molecular flexibility index (Phi) is 3.92. The number of aliphatic hydroxyl groups excluding tert-OH is 1. The monoisotopic (exact) mass is 318 g/mol. The first kappa shape index (κ1) is 15.3. The third kappa shape index (κ3) is 2.73. The summed E-state index contributed by atoms with van der Waals surface area (Å²) < 4.78 is 16.2. The smallest absolute Gasteiger partial charge is 0.160 e. The quantitative estimate of drug-likeness (QED) is 0.804. The predicted octanol–water partition coefficient (Wildman–Crippen LogP) is 2.15. The maximum absolute atomic E-state index is 10.4. The van der Waals surface area contributed by atoms with E-state index >= 15 is 0 Å². The summed E-state index contributed by atoms with van der Waals surface area (Å²) in [7, 11) is 2.95. The standard InChI is InChI=1S/C17H18O6/c1-21-14-6-10(18)7-15-11(14)8-13(20)17(23-15)9-3-4-12(19)16(5-9)22-2/h3-7,13,17-20H,8H2,1-2H3. The van der Waals surface area contributed by atoms with Gasteiger partial charge < -0.3 is 29.5 Å². The maximum Gasteiger partial charge on any atom is 0.160 e. The zero-order valence-corrected chi connectivity index (χ0v) is 12.8. The van der Waals surface area contributed by atoms with E-state index in [0.29, 0.717) is 34.8 Å². The highest BCUT2D eigenvalue weighted by Crippen LogP contribution is 2.43. The summed E-state index contributed by atoms with van der Waals surface area (Å²) in [6.07, 6.45) is -1.11. The number of phenols is 2. The third-order valence-electron chi connectivity index (χ3n) is 3.92. The molecular formula is C17H18O6. The highest BCUT2D eigenvalue weighted by molar-refractivity contribution is 5.52. The van der Waals surface area contributed by atoms with E-state index < -0.39 is 12.2 Å². The average molecular weight is 318 g/mol. The molecule has 6 heteroatoms. The molecule has 0 aromatic heterocycles. The molecule has 23 heavy (non-hydrogen) atoms. The van der Waals surface area contributed by atoms with Gasteiger partial charge in [0.25, 0.3) is 0 Å². The van der Waals surface area contributed by atoms with Crippen LogP contribution in [0.1, 0.15) is 17.2 Å². The molecule has 2 unspecified atom stereocenters. The summed E-state index contributed by atoms with van der Waals surface area (Å²) in [5, 5.41) is 29.9. The Morgan fingerprint density at radius 2 is 1.78 bits per heavy atom. The van der Waals surface area contributed by atoms with Crippen LogP contribution < -0.4 is 14.2 Å². The molecule has 0 bridgehead atoms. The van der Waals surface area contributed by atoms with Crippen molar-refractivity contribution in [2.75, 3.05) is 14.2 Å². The number of fused-ring (bicyclic) bond motifs is 1. The van der Waals surface area contributed by atoms with Crippen LogP contribution in [0, 0.1) is 0 Å². The number of hydrogen-bond acceptors (Lipinski definition) is 6. The van der Waals surface area contributed by atoms with E-state index in [4.69, 9.17) is 14.2 Å². The minimum absolute atomic E-state index is 0.0151. The SMILES string of the molecule is COc1cc(C2Oc3cc(O)cc(OC)c3CC2O)ccc1O. The highest BCUT2D eigenvalue weighted by Gasteiger charge is 2.32. The van der Waals surface area contributed by atoms with Crippen LogP contribution in [0.4, 0.5) is 0 Å². The van der Waals surface area contributed by atoms with Gasteiger partial charge in [-0.3, -0.25) is 0 Å². The molecular weight excluding hydrogens is 300 g/mol. The molecule has 2 atom stereocenters. The molecule has 0 amide bonds. The molecule has 2 aromatic carbocycles. The summed E-state index contributed by atoms with van der Waals surface area (Å²) in [6, 6.07) is 7.75. The lowest BCUT2D eigenvalue weighted by atomic mass is 9.94. The number of aromatic hydroxyl groups is 2. The number of benzene rings is 2. The molecule has 0 radical (unpaired) electrons. The Morgan fingerprint density at radius 3 is 2.48 bits per heavy atom. The fourth-order valence-electron chi connectivity index (χ4n) is 2.79. The molecule has 3 N–H and O–H groups in total. The van der Waals surface area contributed by atoms with Crippen molar-refractivity contribution in [1.82, 2.24) is 0 Å². The van der Waals surface area contributed by atoms with Gasteiger partial charge in [0.1, 0.15) is 23.4 Å². The lowest BCUT2D eigenvalue weighted by Gasteiger charge is -2.32. The molecule has 0 saturated carbocycles. The number of methoxy groups -OCH3 is 2. The summed E-state index contributed by atoms with van der Waals surface area (Å²) >= 11 is 0. The van der Waals surface area contributed by atoms with Crippen molar-refractivity contribution >= 4 is 0 Å². The van der Waals surface area contributed by atoms with Gasteiger partial charge in [0.05, 0.1) is 20.3 Å². The summed E-state index contributed by atoms with van der Waals surface area (Å²) in [5.74, 6) is 1.28. The van der Waals surface area contributed by atoms with E-state index in [1.54, 1.807) is 12.1 Å². The molecule has 6 nitrogen and oxygen atoms in total. The van der Waals surface area contributed by atoms with Gasteiger partial charge in [-0.2, -0.15) is 0 Å². The van der Waals surface area contributed by atoms with Crippen LogP contribution in [0.3, 0.4) is 0 Å². The first-order valence-corrected chi connectivity index (χ1v) is 7.15. The number of ether oxygens (including phenoxy) is 3. The minimum atomic E-state index is -0.796. The van der Waals surface area contributed by atoms with Gasteiger partial charge in [0.2, 0.25) is 0 Å². The largest absolute Gasteiger partial charge is 0.508 e.